The lowest BCUT2D eigenvalue weighted by atomic mass is 9.73. The Labute approximate surface area is 210 Å². The zero-order valence-electron chi connectivity index (χ0n) is 20.6. The van der Waals surface area contributed by atoms with Crippen molar-refractivity contribution in [3.05, 3.63) is 71.0 Å². The van der Waals surface area contributed by atoms with Crippen LogP contribution in [-0.2, 0) is 22.6 Å². The largest absolute Gasteiger partial charge is 0.489 e. The first-order valence-electron chi connectivity index (χ1n) is 12.5. The van der Waals surface area contributed by atoms with Crippen molar-refractivity contribution in [2.24, 2.45) is 5.41 Å². The molecule has 0 saturated carbocycles. The van der Waals surface area contributed by atoms with Crippen LogP contribution in [0.15, 0.2) is 48.5 Å². The predicted molar refractivity (Wildman–Crippen MR) is 133 cm³/mol. The van der Waals surface area contributed by atoms with Gasteiger partial charge in [0.15, 0.2) is 11.5 Å². The van der Waals surface area contributed by atoms with Crippen LogP contribution in [0.1, 0.15) is 34.9 Å². The molecule has 2 aromatic carbocycles. The fraction of sp³-hybridized carbons (Fsp3) is 0.393. The summed E-state index contributed by atoms with van der Waals surface area (Å²) in [6.07, 6.45) is 1.03. The van der Waals surface area contributed by atoms with E-state index in [1.807, 2.05) is 61.2 Å². The second-order valence-corrected chi connectivity index (χ2v) is 10.3. The lowest BCUT2D eigenvalue weighted by Gasteiger charge is -2.39. The van der Waals surface area contributed by atoms with E-state index in [2.05, 4.69) is 16.5 Å². The molecule has 186 valence electrons. The number of aryl methyl sites for hydroxylation is 3. The number of aromatic nitrogens is 2. The number of nitrogens with one attached hydrogen (secondary N) is 1. The Hall–Kier alpha value is -3.81. The molecule has 1 saturated heterocycles. The summed E-state index contributed by atoms with van der Waals surface area (Å²) >= 11 is 0. The molecule has 1 N–H and O–H groups in total. The topological polar surface area (TPSA) is 85.7 Å². The average Bonchev–Trinajstić information content (AvgIpc) is 3.41. The maximum atomic E-state index is 13.4. The van der Waals surface area contributed by atoms with Gasteiger partial charge in [-0.25, -0.2) is 0 Å². The summed E-state index contributed by atoms with van der Waals surface area (Å²) in [4.78, 5) is 28.1. The second kappa shape index (κ2) is 8.69. The molecule has 3 aliphatic rings. The molecule has 2 amide bonds. The van der Waals surface area contributed by atoms with Gasteiger partial charge in [0, 0.05) is 48.6 Å². The third kappa shape index (κ3) is 4.00. The molecule has 1 fully saturated rings. The van der Waals surface area contributed by atoms with Crippen LogP contribution in [0.3, 0.4) is 0 Å². The predicted octanol–water partition coefficient (Wildman–Crippen LogP) is 3.36. The number of ether oxygens (including phenoxy) is 2. The van der Waals surface area contributed by atoms with Crippen LogP contribution < -0.4 is 14.8 Å². The zero-order valence-corrected chi connectivity index (χ0v) is 20.6. The standard InChI is InChI=1S/C28H30N4O4/c1-18-11-19(2)32(30-18)14-26(34)31-13-23-22-7-4-8-24-27(22)35-17-28(23,16-31)15-29-25(33)10-9-20-5-3-6-21(12-20)36-24/h3-8,11-12,23H,9-10,13-17H2,1-2H3,(H,29,33)/t23-,28+/m1/s1. The number of rotatable bonds is 2. The fourth-order valence-electron chi connectivity index (χ4n) is 5.80. The van der Waals surface area contributed by atoms with Crippen molar-refractivity contribution in [2.75, 3.05) is 26.2 Å². The number of nitrogens with zero attached hydrogens (tertiary/aromatic N) is 3. The number of amides is 2. The van der Waals surface area contributed by atoms with Crippen molar-refractivity contribution >= 4 is 11.8 Å². The molecule has 4 bridgehead atoms. The number of carbonyl (C=O) groups is 2. The Balaban J connectivity index is 1.35. The van der Waals surface area contributed by atoms with Gasteiger partial charge in [-0.2, -0.15) is 5.10 Å². The van der Waals surface area contributed by atoms with Crippen LogP contribution in [0, 0.1) is 19.3 Å². The van der Waals surface area contributed by atoms with Crippen LogP contribution in [-0.4, -0.2) is 52.7 Å². The van der Waals surface area contributed by atoms with E-state index in [1.54, 1.807) is 4.68 Å². The molecule has 8 heteroatoms. The van der Waals surface area contributed by atoms with Gasteiger partial charge in [-0.05, 0) is 50.1 Å². The summed E-state index contributed by atoms with van der Waals surface area (Å²) < 4.78 is 14.4. The summed E-state index contributed by atoms with van der Waals surface area (Å²) in [5.74, 6) is 2.14. The Morgan fingerprint density at radius 3 is 2.86 bits per heavy atom. The van der Waals surface area contributed by atoms with Crippen molar-refractivity contribution < 1.29 is 19.1 Å². The molecule has 0 radical (unpaired) electrons. The van der Waals surface area contributed by atoms with Crippen LogP contribution in [0.25, 0.3) is 0 Å². The van der Waals surface area contributed by atoms with Crippen molar-refractivity contribution in [2.45, 2.75) is 39.2 Å². The van der Waals surface area contributed by atoms with Crippen LogP contribution in [0.4, 0.5) is 0 Å². The number of hydrogen-bond acceptors (Lipinski definition) is 5. The molecule has 36 heavy (non-hydrogen) atoms. The van der Waals surface area contributed by atoms with E-state index >= 15 is 0 Å². The van der Waals surface area contributed by atoms with E-state index in [0.717, 1.165) is 28.3 Å². The van der Waals surface area contributed by atoms with E-state index in [0.29, 0.717) is 50.6 Å². The van der Waals surface area contributed by atoms with Gasteiger partial charge in [0.2, 0.25) is 11.8 Å². The molecule has 4 heterocycles. The SMILES string of the molecule is Cc1cc(C)n(CC(=O)N2C[C@@H]3c4cccc5c4OC[C@]3(CNC(=O)CCc3cccc(c3)O5)C2)n1. The van der Waals surface area contributed by atoms with E-state index in [-0.39, 0.29) is 24.3 Å². The van der Waals surface area contributed by atoms with Gasteiger partial charge in [0.05, 0.1) is 12.3 Å². The molecular weight excluding hydrogens is 456 g/mol. The van der Waals surface area contributed by atoms with E-state index in [4.69, 9.17) is 9.47 Å². The summed E-state index contributed by atoms with van der Waals surface area (Å²) in [5, 5.41) is 7.63. The summed E-state index contributed by atoms with van der Waals surface area (Å²) in [6, 6.07) is 15.8. The minimum atomic E-state index is -0.412. The number of hydrogen-bond donors (Lipinski definition) is 1. The van der Waals surface area contributed by atoms with Gasteiger partial charge in [0.1, 0.15) is 12.3 Å². The minimum Gasteiger partial charge on any atom is -0.489 e. The molecule has 1 aromatic heterocycles. The van der Waals surface area contributed by atoms with Crippen molar-refractivity contribution in [3.8, 4) is 17.2 Å². The highest BCUT2D eigenvalue weighted by molar-refractivity contribution is 5.78. The highest BCUT2D eigenvalue weighted by atomic mass is 16.5. The maximum absolute atomic E-state index is 13.4. The first-order chi connectivity index (χ1) is 17.4. The summed E-state index contributed by atoms with van der Waals surface area (Å²) in [6.45, 7) is 6.00. The smallest absolute Gasteiger partial charge is 0.244 e. The van der Waals surface area contributed by atoms with Crippen LogP contribution >= 0.6 is 0 Å². The zero-order chi connectivity index (χ0) is 24.9. The van der Waals surface area contributed by atoms with E-state index in [9.17, 15) is 9.59 Å². The Morgan fingerprint density at radius 2 is 2.03 bits per heavy atom. The van der Waals surface area contributed by atoms with Gasteiger partial charge in [-0.3, -0.25) is 14.3 Å². The monoisotopic (exact) mass is 486 g/mol. The van der Waals surface area contributed by atoms with Gasteiger partial charge in [-0.15, -0.1) is 0 Å². The number of likely N-dealkylation sites (tertiary alicyclic amines) is 1. The fourth-order valence-corrected chi connectivity index (χ4v) is 5.80. The molecule has 3 aliphatic heterocycles. The molecule has 0 aliphatic carbocycles. The van der Waals surface area contributed by atoms with Crippen molar-refractivity contribution in [3.63, 3.8) is 0 Å². The van der Waals surface area contributed by atoms with Crippen molar-refractivity contribution in [1.82, 2.24) is 20.0 Å². The first-order valence-corrected chi connectivity index (χ1v) is 12.5. The van der Waals surface area contributed by atoms with Gasteiger partial charge >= 0.3 is 0 Å². The molecule has 6 rings (SSSR count). The maximum Gasteiger partial charge on any atom is 0.244 e. The van der Waals surface area contributed by atoms with Crippen LogP contribution in [0.5, 0.6) is 17.2 Å². The Kier molecular flexibility index (Phi) is 5.47. The minimum absolute atomic E-state index is 0.00142. The number of carbonyl (C=O) groups excluding carboxylic acids is 2. The molecule has 3 aromatic rings. The number of benzene rings is 2. The highest BCUT2D eigenvalue weighted by Crippen LogP contribution is 2.52. The normalized spacial score (nSPS) is 22.8. The van der Waals surface area contributed by atoms with Gasteiger partial charge < -0.3 is 19.7 Å². The third-order valence-corrected chi connectivity index (χ3v) is 7.68. The van der Waals surface area contributed by atoms with Gasteiger partial charge in [0.25, 0.3) is 0 Å². The molecule has 2 atom stereocenters. The molecule has 0 unspecified atom stereocenters. The molecule has 1 spiro atoms. The second-order valence-electron chi connectivity index (χ2n) is 10.3. The third-order valence-electron chi connectivity index (χ3n) is 7.68. The molecule has 8 nitrogen and oxygen atoms in total. The Morgan fingerprint density at radius 1 is 1.17 bits per heavy atom. The summed E-state index contributed by atoms with van der Waals surface area (Å²) in [7, 11) is 0. The van der Waals surface area contributed by atoms with E-state index in [1.165, 1.54) is 0 Å². The van der Waals surface area contributed by atoms with E-state index < -0.39 is 5.41 Å². The quantitative estimate of drug-likeness (QED) is 0.601. The lowest BCUT2D eigenvalue weighted by molar-refractivity contribution is -0.131. The summed E-state index contributed by atoms with van der Waals surface area (Å²) in [5.41, 5.74) is 3.51. The number of para-hydroxylation sites is 1. The van der Waals surface area contributed by atoms with Crippen LogP contribution in [0.2, 0.25) is 0 Å². The average molecular weight is 487 g/mol. The first kappa shape index (κ1) is 22.6. The lowest BCUT2D eigenvalue weighted by Crippen LogP contribution is -2.48. The number of fused-ring (bicyclic) bond motifs is 4. The van der Waals surface area contributed by atoms with Crippen molar-refractivity contribution in [1.29, 1.82) is 0 Å². The Bertz CT molecular complexity index is 1350. The van der Waals surface area contributed by atoms with Gasteiger partial charge in [-0.1, -0.05) is 24.3 Å². The molecular formula is C28H30N4O4. The highest BCUT2D eigenvalue weighted by Gasteiger charge is 2.53.